The summed E-state index contributed by atoms with van der Waals surface area (Å²) in [5.74, 6) is 2.51. The first-order chi connectivity index (χ1) is 12.3. The third-order valence-electron chi connectivity index (χ3n) is 4.50. The van der Waals surface area contributed by atoms with Gasteiger partial charge in [0.2, 0.25) is 5.95 Å². The van der Waals surface area contributed by atoms with Gasteiger partial charge in [-0.2, -0.15) is 10.2 Å². The lowest BCUT2D eigenvalue weighted by Gasteiger charge is -2.36. The molecule has 2 aromatic rings. The highest BCUT2D eigenvalue weighted by molar-refractivity contribution is 5.46. The molecule has 0 unspecified atom stereocenters. The van der Waals surface area contributed by atoms with Crippen LogP contribution in [-0.2, 0) is 11.2 Å². The second-order valence-electron chi connectivity index (χ2n) is 6.46. The van der Waals surface area contributed by atoms with Crippen LogP contribution in [0.15, 0.2) is 6.07 Å². The first-order valence-corrected chi connectivity index (χ1v) is 8.64. The van der Waals surface area contributed by atoms with Gasteiger partial charge in [-0.25, -0.2) is 4.98 Å². The topological polar surface area (TPSA) is 125 Å². The van der Waals surface area contributed by atoms with Crippen LogP contribution < -0.4 is 10.2 Å². The van der Waals surface area contributed by atoms with Gasteiger partial charge in [0.1, 0.15) is 5.82 Å². The largest absolute Gasteiger partial charge is 0.389 e. The Labute approximate surface area is 145 Å². The van der Waals surface area contributed by atoms with Crippen LogP contribution >= 0.6 is 0 Å². The molecule has 25 heavy (non-hydrogen) atoms. The molecule has 134 valence electrons. The van der Waals surface area contributed by atoms with Gasteiger partial charge in [-0.1, -0.05) is 5.21 Å². The maximum absolute atomic E-state index is 9.54. The Morgan fingerprint density at radius 1 is 1.36 bits per heavy atom. The van der Waals surface area contributed by atoms with Crippen LogP contribution in [0.1, 0.15) is 30.3 Å². The number of H-pyrrole nitrogens is 1. The van der Waals surface area contributed by atoms with Gasteiger partial charge in [0, 0.05) is 44.6 Å². The van der Waals surface area contributed by atoms with Crippen molar-refractivity contribution >= 4 is 11.8 Å². The highest BCUT2D eigenvalue weighted by Gasteiger charge is 2.28. The van der Waals surface area contributed by atoms with Crippen LogP contribution in [0.5, 0.6) is 0 Å². The van der Waals surface area contributed by atoms with Gasteiger partial charge < -0.3 is 20.1 Å². The van der Waals surface area contributed by atoms with E-state index in [1.54, 1.807) is 0 Å². The lowest BCUT2D eigenvalue weighted by Crippen LogP contribution is -2.51. The molecule has 0 bridgehead atoms. The van der Waals surface area contributed by atoms with Crippen molar-refractivity contribution in [3.63, 3.8) is 0 Å². The molecule has 2 saturated heterocycles. The summed E-state index contributed by atoms with van der Waals surface area (Å²) in [6.07, 6.45) is 2.33. The minimum atomic E-state index is -0.284. The van der Waals surface area contributed by atoms with E-state index >= 15 is 0 Å². The Hall–Kier alpha value is -2.33. The van der Waals surface area contributed by atoms with E-state index < -0.39 is 0 Å². The van der Waals surface area contributed by atoms with Crippen molar-refractivity contribution in [1.82, 2.24) is 30.6 Å². The van der Waals surface area contributed by atoms with E-state index in [0.29, 0.717) is 37.4 Å². The molecule has 0 aromatic carbocycles. The summed E-state index contributed by atoms with van der Waals surface area (Å²) in [7, 11) is 0. The second-order valence-corrected chi connectivity index (χ2v) is 6.46. The number of hydrogen-bond donors (Lipinski definition) is 3. The molecule has 0 aliphatic carbocycles. The van der Waals surface area contributed by atoms with E-state index in [9.17, 15) is 5.11 Å². The van der Waals surface area contributed by atoms with E-state index in [0.717, 1.165) is 43.9 Å². The molecule has 1 atom stereocenters. The van der Waals surface area contributed by atoms with E-state index in [1.807, 2.05) is 11.0 Å². The minimum absolute atomic E-state index is 0.284. The monoisotopic (exact) mass is 346 g/mol. The fourth-order valence-electron chi connectivity index (χ4n) is 3.03. The third-order valence-corrected chi connectivity index (χ3v) is 4.50. The molecular formula is C15H22N8O2. The van der Waals surface area contributed by atoms with Gasteiger partial charge in [-0.05, 0) is 12.8 Å². The molecule has 4 rings (SSSR count). The van der Waals surface area contributed by atoms with Crippen LogP contribution in [0.2, 0.25) is 0 Å². The predicted octanol–water partition coefficient (Wildman–Crippen LogP) is -0.281. The summed E-state index contributed by atoms with van der Waals surface area (Å²) in [5, 5.41) is 26.8. The van der Waals surface area contributed by atoms with Crippen LogP contribution in [0.25, 0.3) is 0 Å². The number of rotatable bonds is 7. The molecule has 4 heterocycles. The van der Waals surface area contributed by atoms with Crippen LogP contribution in [-0.4, -0.2) is 74.7 Å². The number of aliphatic hydroxyl groups excluding tert-OH is 1. The van der Waals surface area contributed by atoms with E-state index in [4.69, 9.17) is 9.72 Å². The normalized spacial score (nSPS) is 20.7. The number of anilines is 2. The van der Waals surface area contributed by atoms with Crippen molar-refractivity contribution in [2.45, 2.75) is 31.3 Å². The maximum atomic E-state index is 9.54. The molecular weight excluding hydrogens is 324 g/mol. The van der Waals surface area contributed by atoms with Gasteiger partial charge in [-0.15, -0.1) is 10.2 Å². The van der Waals surface area contributed by atoms with E-state index in [1.165, 1.54) is 0 Å². The summed E-state index contributed by atoms with van der Waals surface area (Å²) in [6.45, 7) is 3.41. The quantitative estimate of drug-likeness (QED) is 0.580. The van der Waals surface area contributed by atoms with Crippen molar-refractivity contribution in [3.05, 3.63) is 17.6 Å². The summed E-state index contributed by atoms with van der Waals surface area (Å²) >= 11 is 0. The molecule has 10 heteroatoms. The Bertz CT molecular complexity index is 683. The van der Waals surface area contributed by atoms with Gasteiger partial charge in [0.05, 0.1) is 18.4 Å². The lowest BCUT2D eigenvalue weighted by molar-refractivity contribution is 0.140. The fourth-order valence-corrected chi connectivity index (χ4v) is 3.03. The average Bonchev–Trinajstić information content (AvgIpc) is 3.29. The Morgan fingerprint density at radius 3 is 3.00 bits per heavy atom. The standard InChI is InChI=1S/C15H22N8O2/c24-11-7-23(8-11)15-17-12(10-3-5-25-9-10)6-14(18-15)16-4-1-2-13-19-21-22-20-13/h6,10-11,24H,1-5,7-9H2,(H,16,17,18)(H,19,20,21,22)/t10-/m0/s1. The number of nitrogens with zero attached hydrogens (tertiary/aromatic N) is 6. The number of aliphatic hydroxyl groups is 1. The second kappa shape index (κ2) is 7.28. The van der Waals surface area contributed by atoms with Crippen LogP contribution in [0.4, 0.5) is 11.8 Å². The zero-order valence-electron chi connectivity index (χ0n) is 13.9. The highest BCUT2D eigenvalue weighted by atomic mass is 16.5. The van der Waals surface area contributed by atoms with E-state index in [-0.39, 0.29) is 6.10 Å². The zero-order valence-corrected chi connectivity index (χ0v) is 13.9. The summed E-state index contributed by atoms with van der Waals surface area (Å²) < 4.78 is 5.49. The summed E-state index contributed by atoms with van der Waals surface area (Å²) in [5.41, 5.74) is 1.00. The fraction of sp³-hybridized carbons (Fsp3) is 0.667. The number of tetrazole rings is 1. The molecule has 2 aliphatic rings. The van der Waals surface area contributed by atoms with Crippen LogP contribution in [0, 0.1) is 0 Å². The first-order valence-electron chi connectivity index (χ1n) is 8.64. The predicted molar refractivity (Wildman–Crippen MR) is 89.4 cm³/mol. The van der Waals surface area contributed by atoms with Crippen molar-refractivity contribution in [2.24, 2.45) is 0 Å². The minimum Gasteiger partial charge on any atom is -0.389 e. The SMILES string of the molecule is OC1CN(c2nc(NCCCc3nn[nH]n3)cc([C@H]3CCOC3)n2)C1. The number of nitrogens with one attached hydrogen (secondary N) is 2. The lowest BCUT2D eigenvalue weighted by atomic mass is 10.0. The van der Waals surface area contributed by atoms with Gasteiger partial charge in [0.25, 0.3) is 0 Å². The Morgan fingerprint density at radius 2 is 2.28 bits per heavy atom. The molecule has 3 N–H and O–H groups in total. The maximum Gasteiger partial charge on any atom is 0.227 e. The third kappa shape index (κ3) is 3.85. The molecule has 2 fully saturated rings. The highest BCUT2D eigenvalue weighted by Crippen LogP contribution is 2.28. The Kier molecular flexibility index (Phi) is 4.70. The average molecular weight is 346 g/mol. The molecule has 10 nitrogen and oxygen atoms in total. The van der Waals surface area contributed by atoms with Crippen molar-refractivity contribution < 1.29 is 9.84 Å². The number of ether oxygens (including phenoxy) is 1. The van der Waals surface area contributed by atoms with E-state index in [2.05, 4.69) is 30.9 Å². The number of aromatic nitrogens is 6. The van der Waals surface area contributed by atoms with Crippen molar-refractivity contribution in [3.8, 4) is 0 Å². The van der Waals surface area contributed by atoms with Crippen LogP contribution in [0.3, 0.4) is 0 Å². The van der Waals surface area contributed by atoms with Gasteiger partial charge in [0.15, 0.2) is 5.82 Å². The van der Waals surface area contributed by atoms with Gasteiger partial charge >= 0.3 is 0 Å². The molecule has 0 spiro atoms. The van der Waals surface area contributed by atoms with Gasteiger partial charge in [-0.3, -0.25) is 0 Å². The summed E-state index contributed by atoms with van der Waals surface area (Å²) in [4.78, 5) is 11.3. The number of aryl methyl sites for hydroxylation is 1. The van der Waals surface area contributed by atoms with Crippen molar-refractivity contribution in [2.75, 3.05) is 43.1 Å². The molecule has 0 amide bonds. The number of β-amino-alcohol motifs (C(OH)–C–C–N with tert-alkyl or cyclic N) is 1. The zero-order chi connectivity index (χ0) is 17.1. The van der Waals surface area contributed by atoms with Crippen molar-refractivity contribution in [1.29, 1.82) is 0 Å². The smallest absolute Gasteiger partial charge is 0.227 e. The summed E-state index contributed by atoms with van der Waals surface area (Å²) in [6, 6.07) is 2.01. The molecule has 2 aromatic heterocycles. The number of hydrogen-bond acceptors (Lipinski definition) is 9. The Balaban J connectivity index is 1.41. The molecule has 0 radical (unpaired) electrons. The molecule has 0 saturated carbocycles. The number of aromatic amines is 1. The molecule has 2 aliphatic heterocycles. The first kappa shape index (κ1) is 16.2.